The number of esters is 2. The first-order chi connectivity index (χ1) is 12.7. The van der Waals surface area contributed by atoms with Crippen molar-refractivity contribution >= 4 is 44.9 Å². The standard InChI is InChI=1S/C16H17ClN2O6S2/c1-4-24-16(21)14-18-10(9-26-14)8-25-15(20)12-7-11(5-6-13(12)17)27(22,23)19(2)3/h5-7,9H,4,8H2,1-3H3. The van der Waals surface area contributed by atoms with Gasteiger partial charge in [0, 0.05) is 19.5 Å². The highest BCUT2D eigenvalue weighted by Crippen LogP contribution is 2.23. The molecule has 0 fully saturated rings. The van der Waals surface area contributed by atoms with Crippen molar-refractivity contribution in [2.24, 2.45) is 0 Å². The Kier molecular flexibility index (Phi) is 6.93. The van der Waals surface area contributed by atoms with Gasteiger partial charge in [0.25, 0.3) is 0 Å². The van der Waals surface area contributed by atoms with Gasteiger partial charge in [-0.15, -0.1) is 11.3 Å². The minimum absolute atomic E-state index is 0.0585. The van der Waals surface area contributed by atoms with Crippen molar-refractivity contribution in [1.29, 1.82) is 0 Å². The second kappa shape index (κ2) is 8.79. The van der Waals surface area contributed by atoms with Gasteiger partial charge in [-0.1, -0.05) is 11.6 Å². The Bertz CT molecular complexity index is 956. The highest BCUT2D eigenvalue weighted by molar-refractivity contribution is 7.89. The molecule has 0 bridgehead atoms. The van der Waals surface area contributed by atoms with Crippen molar-refractivity contribution in [1.82, 2.24) is 9.29 Å². The van der Waals surface area contributed by atoms with Crippen molar-refractivity contribution in [2.45, 2.75) is 18.4 Å². The number of ether oxygens (including phenoxy) is 2. The maximum absolute atomic E-state index is 12.3. The molecule has 0 N–H and O–H groups in total. The summed E-state index contributed by atoms with van der Waals surface area (Å²) in [6.45, 7) is 1.71. The van der Waals surface area contributed by atoms with Gasteiger partial charge in [-0.3, -0.25) is 0 Å². The van der Waals surface area contributed by atoms with E-state index in [1.54, 1.807) is 12.3 Å². The molecular weight excluding hydrogens is 416 g/mol. The first-order valence-corrected chi connectivity index (χ1v) is 10.4. The van der Waals surface area contributed by atoms with Crippen LogP contribution in [0.1, 0.15) is 32.8 Å². The van der Waals surface area contributed by atoms with Crippen molar-refractivity contribution in [3.63, 3.8) is 0 Å². The molecule has 11 heteroatoms. The summed E-state index contributed by atoms with van der Waals surface area (Å²) in [4.78, 5) is 27.8. The normalized spacial score (nSPS) is 11.4. The van der Waals surface area contributed by atoms with E-state index in [4.69, 9.17) is 21.1 Å². The van der Waals surface area contributed by atoms with Gasteiger partial charge in [0.2, 0.25) is 15.0 Å². The number of aromatic nitrogens is 1. The highest BCUT2D eigenvalue weighted by atomic mass is 35.5. The van der Waals surface area contributed by atoms with Gasteiger partial charge in [0.05, 0.1) is 27.8 Å². The number of hydrogen-bond donors (Lipinski definition) is 0. The minimum Gasteiger partial charge on any atom is -0.461 e. The first kappa shape index (κ1) is 21.3. The summed E-state index contributed by atoms with van der Waals surface area (Å²) in [5.41, 5.74) is 0.282. The average molecular weight is 433 g/mol. The number of nitrogens with zero attached hydrogens (tertiary/aromatic N) is 2. The topological polar surface area (TPSA) is 103 Å². The van der Waals surface area contributed by atoms with Gasteiger partial charge in [-0.25, -0.2) is 27.3 Å². The highest BCUT2D eigenvalue weighted by Gasteiger charge is 2.22. The Morgan fingerprint density at radius 2 is 1.93 bits per heavy atom. The van der Waals surface area contributed by atoms with E-state index in [-0.39, 0.29) is 33.7 Å². The lowest BCUT2D eigenvalue weighted by molar-refractivity contribution is 0.0468. The fourth-order valence-corrected chi connectivity index (χ4v) is 3.73. The summed E-state index contributed by atoms with van der Waals surface area (Å²) in [5, 5.41) is 1.77. The molecule has 1 aromatic heterocycles. The van der Waals surface area contributed by atoms with Crippen LogP contribution in [-0.2, 0) is 26.1 Å². The second-order valence-corrected chi connectivity index (χ2v) is 8.79. The van der Waals surface area contributed by atoms with Crippen molar-refractivity contribution < 1.29 is 27.5 Å². The first-order valence-electron chi connectivity index (χ1n) is 7.67. The number of halogens is 1. The van der Waals surface area contributed by atoms with E-state index in [0.29, 0.717) is 5.69 Å². The van der Waals surface area contributed by atoms with Gasteiger partial charge in [-0.2, -0.15) is 0 Å². The van der Waals surface area contributed by atoms with E-state index in [9.17, 15) is 18.0 Å². The van der Waals surface area contributed by atoms with E-state index in [1.807, 2.05) is 0 Å². The van der Waals surface area contributed by atoms with Gasteiger partial charge < -0.3 is 9.47 Å². The smallest absolute Gasteiger partial charge is 0.367 e. The van der Waals surface area contributed by atoms with Crippen LogP contribution in [0.25, 0.3) is 0 Å². The lowest BCUT2D eigenvalue weighted by atomic mass is 10.2. The Balaban J connectivity index is 2.14. The van der Waals surface area contributed by atoms with E-state index in [1.165, 1.54) is 26.2 Å². The lowest BCUT2D eigenvalue weighted by Crippen LogP contribution is -2.22. The van der Waals surface area contributed by atoms with E-state index >= 15 is 0 Å². The second-order valence-electron chi connectivity index (χ2n) is 5.37. The number of hydrogen-bond acceptors (Lipinski definition) is 8. The molecule has 0 aliphatic heterocycles. The van der Waals surface area contributed by atoms with Crippen LogP contribution in [0.2, 0.25) is 5.02 Å². The Labute approximate surface area is 165 Å². The zero-order valence-electron chi connectivity index (χ0n) is 14.8. The van der Waals surface area contributed by atoms with Gasteiger partial charge >= 0.3 is 11.9 Å². The molecule has 0 amide bonds. The lowest BCUT2D eigenvalue weighted by Gasteiger charge is -2.13. The molecule has 0 saturated heterocycles. The quantitative estimate of drug-likeness (QED) is 0.619. The molecule has 0 spiro atoms. The Hall–Kier alpha value is -2.01. The molecular formula is C16H17ClN2O6S2. The fourth-order valence-electron chi connectivity index (χ4n) is 1.91. The summed E-state index contributed by atoms with van der Waals surface area (Å²) in [7, 11) is -0.963. The van der Waals surface area contributed by atoms with Crippen molar-refractivity contribution in [3.8, 4) is 0 Å². The molecule has 146 valence electrons. The third-order valence-electron chi connectivity index (χ3n) is 3.29. The minimum atomic E-state index is -3.72. The van der Waals surface area contributed by atoms with Crippen LogP contribution in [0.3, 0.4) is 0 Å². The molecule has 1 aromatic carbocycles. The van der Waals surface area contributed by atoms with Crippen LogP contribution < -0.4 is 0 Å². The van der Waals surface area contributed by atoms with Crippen molar-refractivity contribution in [3.05, 3.63) is 44.9 Å². The third kappa shape index (κ3) is 5.04. The molecule has 0 aliphatic rings. The van der Waals surface area contributed by atoms with E-state index in [0.717, 1.165) is 21.7 Å². The summed E-state index contributed by atoms with van der Waals surface area (Å²) in [6, 6.07) is 3.78. The number of rotatable bonds is 7. The average Bonchev–Trinajstić information content (AvgIpc) is 3.09. The Morgan fingerprint density at radius 3 is 2.56 bits per heavy atom. The number of sulfonamides is 1. The molecule has 0 saturated carbocycles. The maximum atomic E-state index is 12.3. The summed E-state index contributed by atoms with van der Waals surface area (Å²) in [6.07, 6.45) is 0. The molecule has 8 nitrogen and oxygen atoms in total. The molecule has 2 rings (SSSR count). The molecule has 0 atom stereocenters. The van der Waals surface area contributed by atoms with Crippen LogP contribution in [-0.4, -0.2) is 50.3 Å². The maximum Gasteiger partial charge on any atom is 0.367 e. The van der Waals surface area contributed by atoms with Crippen molar-refractivity contribution in [2.75, 3.05) is 20.7 Å². The number of carbonyl (C=O) groups is 2. The van der Waals surface area contributed by atoms with E-state index in [2.05, 4.69) is 4.98 Å². The zero-order valence-corrected chi connectivity index (χ0v) is 17.2. The summed E-state index contributed by atoms with van der Waals surface area (Å²) >= 11 is 7.07. The molecule has 0 radical (unpaired) electrons. The predicted molar refractivity (Wildman–Crippen MR) is 99.5 cm³/mol. The van der Waals surface area contributed by atoms with E-state index < -0.39 is 22.0 Å². The number of benzene rings is 1. The predicted octanol–water partition coefficient (Wildman–Crippen LogP) is 2.58. The fraction of sp³-hybridized carbons (Fsp3) is 0.312. The zero-order chi connectivity index (χ0) is 20.2. The van der Waals surface area contributed by atoms with Gasteiger partial charge in [-0.05, 0) is 25.1 Å². The van der Waals surface area contributed by atoms with Gasteiger partial charge in [0.15, 0.2) is 0 Å². The SMILES string of the molecule is CCOC(=O)c1nc(COC(=O)c2cc(S(=O)(=O)N(C)C)ccc2Cl)cs1. The third-order valence-corrected chi connectivity index (χ3v) is 6.30. The van der Waals surface area contributed by atoms with Crippen LogP contribution in [0, 0.1) is 0 Å². The molecule has 27 heavy (non-hydrogen) atoms. The number of thiazole rings is 1. The Morgan fingerprint density at radius 1 is 1.22 bits per heavy atom. The summed E-state index contributed by atoms with van der Waals surface area (Å²) in [5.74, 6) is -1.36. The molecule has 0 aliphatic carbocycles. The monoisotopic (exact) mass is 432 g/mol. The molecule has 1 heterocycles. The van der Waals surface area contributed by atoms with Crippen LogP contribution in [0.5, 0.6) is 0 Å². The van der Waals surface area contributed by atoms with Gasteiger partial charge in [0.1, 0.15) is 6.61 Å². The largest absolute Gasteiger partial charge is 0.461 e. The summed E-state index contributed by atoms with van der Waals surface area (Å²) < 4.78 is 35.4. The van der Waals surface area contributed by atoms with Crippen LogP contribution in [0.15, 0.2) is 28.5 Å². The molecule has 0 unspecified atom stereocenters. The molecule has 2 aromatic rings. The van der Waals surface area contributed by atoms with Crippen LogP contribution in [0.4, 0.5) is 0 Å². The van der Waals surface area contributed by atoms with Crippen LogP contribution >= 0.6 is 22.9 Å². The number of carbonyl (C=O) groups excluding carboxylic acids is 2.